The molecule has 0 aliphatic heterocycles. The molecule has 0 aromatic heterocycles. The number of nitrogens with zero attached hydrogens (tertiary/aromatic N) is 1. The molecule has 0 unspecified atom stereocenters. The number of halogens is 1. The van der Waals surface area contributed by atoms with Gasteiger partial charge in [0, 0.05) is 30.8 Å². The van der Waals surface area contributed by atoms with Crippen LogP contribution in [0.5, 0.6) is 0 Å². The Morgan fingerprint density at radius 3 is 2.24 bits per heavy atom. The highest BCUT2D eigenvalue weighted by molar-refractivity contribution is 5.99. The maximum absolute atomic E-state index is 13.0. The average molecular weight is 390 g/mol. The second kappa shape index (κ2) is 9.64. The standard InChI is InChI=1S/C24H23FN2O2/c1-2-27(17-19-7-4-3-5-8-19)24(29)21-10-6-9-20(15-21)23(28)26-16-18-11-13-22(25)14-12-18/h3-15H,2,16-17H2,1H3,(H,26,28). The molecule has 5 heteroatoms. The summed E-state index contributed by atoms with van der Waals surface area (Å²) < 4.78 is 13.0. The molecule has 0 aliphatic carbocycles. The quantitative estimate of drug-likeness (QED) is 0.649. The molecule has 3 aromatic rings. The van der Waals surface area contributed by atoms with E-state index in [2.05, 4.69) is 5.32 Å². The van der Waals surface area contributed by atoms with Crippen molar-refractivity contribution in [1.82, 2.24) is 10.2 Å². The Morgan fingerprint density at radius 1 is 0.862 bits per heavy atom. The van der Waals surface area contributed by atoms with E-state index in [4.69, 9.17) is 0 Å². The third-order valence-corrected chi connectivity index (χ3v) is 4.62. The maximum atomic E-state index is 13.0. The first-order chi connectivity index (χ1) is 14.1. The van der Waals surface area contributed by atoms with Gasteiger partial charge in [0.15, 0.2) is 0 Å². The fourth-order valence-corrected chi connectivity index (χ4v) is 2.99. The number of carbonyl (C=O) groups is 2. The van der Waals surface area contributed by atoms with Gasteiger partial charge in [0.05, 0.1) is 0 Å². The van der Waals surface area contributed by atoms with Crippen LogP contribution < -0.4 is 5.32 Å². The van der Waals surface area contributed by atoms with Gasteiger partial charge in [-0.25, -0.2) is 4.39 Å². The lowest BCUT2D eigenvalue weighted by Gasteiger charge is -2.21. The monoisotopic (exact) mass is 390 g/mol. The molecule has 148 valence electrons. The predicted molar refractivity (Wildman–Crippen MR) is 111 cm³/mol. The van der Waals surface area contributed by atoms with E-state index in [1.54, 1.807) is 41.3 Å². The first-order valence-corrected chi connectivity index (χ1v) is 9.52. The van der Waals surface area contributed by atoms with Crippen LogP contribution in [0.25, 0.3) is 0 Å². The van der Waals surface area contributed by atoms with Gasteiger partial charge in [-0.15, -0.1) is 0 Å². The predicted octanol–water partition coefficient (Wildman–Crippen LogP) is 4.42. The molecule has 0 aliphatic rings. The second-order valence-electron chi connectivity index (χ2n) is 6.69. The van der Waals surface area contributed by atoms with E-state index in [1.165, 1.54) is 12.1 Å². The van der Waals surface area contributed by atoms with Gasteiger partial charge in [0.2, 0.25) is 0 Å². The molecule has 0 bridgehead atoms. The summed E-state index contributed by atoms with van der Waals surface area (Å²) in [5.41, 5.74) is 2.73. The number of hydrogen-bond donors (Lipinski definition) is 1. The van der Waals surface area contributed by atoms with Crippen molar-refractivity contribution in [3.05, 3.63) is 107 Å². The van der Waals surface area contributed by atoms with Gasteiger partial charge < -0.3 is 10.2 Å². The van der Waals surface area contributed by atoms with Crippen molar-refractivity contribution in [1.29, 1.82) is 0 Å². The molecular formula is C24H23FN2O2. The maximum Gasteiger partial charge on any atom is 0.254 e. The van der Waals surface area contributed by atoms with E-state index in [0.717, 1.165) is 11.1 Å². The number of rotatable bonds is 7. The van der Waals surface area contributed by atoms with Gasteiger partial charge in [-0.2, -0.15) is 0 Å². The third kappa shape index (κ3) is 5.51. The fourth-order valence-electron chi connectivity index (χ4n) is 2.99. The topological polar surface area (TPSA) is 49.4 Å². The summed E-state index contributed by atoms with van der Waals surface area (Å²) in [6.07, 6.45) is 0. The Bertz CT molecular complexity index is 972. The van der Waals surface area contributed by atoms with E-state index in [9.17, 15) is 14.0 Å². The second-order valence-corrected chi connectivity index (χ2v) is 6.69. The highest BCUT2D eigenvalue weighted by Crippen LogP contribution is 2.12. The average Bonchev–Trinajstić information content (AvgIpc) is 2.77. The lowest BCUT2D eigenvalue weighted by molar-refractivity contribution is 0.0752. The molecular weight excluding hydrogens is 367 g/mol. The molecule has 0 saturated carbocycles. The first kappa shape index (κ1) is 20.3. The normalized spacial score (nSPS) is 10.4. The number of amides is 2. The molecule has 0 fully saturated rings. The molecule has 4 nitrogen and oxygen atoms in total. The minimum atomic E-state index is -0.317. The van der Waals surface area contributed by atoms with Crippen LogP contribution in [0.4, 0.5) is 4.39 Å². The van der Waals surface area contributed by atoms with Crippen molar-refractivity contribution in [2.45, 2.75) is 20.0 Å². The Morgan fingerprint density at radius 2 is 1.55 bits per heavy atom. The SMILES string of the molecule is CCN(Cc1ccccc1)C(=O)c1cccc(C(=O)NCc2ccc(F)cc2)c1. The highest BCUT2D eigenvalue weighted by atomic mass is 19.1. The van der Waals surface area contributed by atoms with Crippen molar-refractivity contribution in [2.24, 2.45) is 0 Å². The van der Waals surface area contributed by atoms with Crippen molar-refractivity contribution < 1.29 is 14.0 Å². The van der Waals surface area contributed by atoms with Crippen LogP contribution in [-0.4, -0.2) is 23.3 Å². The summed E-state index contributed by atoms with van der Waals surface area (Å²) in [4.78, 5) is 27.1. The van der Waals surface area contributed by atoms with Crippen molar-refractivity contribution in [2.75, 3.05) is 6.54 Å². The molecule has 0 radical (unpaired) electrons. The molecule has 0 spiro atoms. The third-order valence-electron chi connectivity index (χ3n) is 4.62. The lowest BCUT2D eigenvalue weighted by Crippen LogP contribution is -2.30. The zero-order chi connectivity index (χ0) is 20.6. The van der Waals surface area contributed by atoms with Crippen LogP contribution in [0.1, 0.15) is 38.8 Å². The van der Waals surface area contributed by atoms with Crippen LogP contribution in [0.15, 0.2) is 78.9 Å². The summed E-state index contributed by atoms with van der Waals surface area (Å²) in [7, 11) is 0. The summed E-state index contributed by atoms with van der Waals surface area (Å²) >= 11 is 0. The molecule has 3 rings (SSSR count). The van der Waals surface area contributed by atoms with Crippen LogP contribution in [0.2, 0.25) is 0 Å². The molecule has 0 saturated heterocycles. The summed E-state index contributed by atoms with van der Waals surface area (Å²) in [5.74, 6) is -0.720. The lowest BCUT2D eigenvalue weighted by atomic mass is 10.1. The number of nitrogens with one attached hydrogen (secondary N) is 1. The number of carbonyl (C=O) groups excluding carboxylic acids is 2. The smallest absolute Gasteiger partial charge is 0.254 e. The summed E-state index contributed by atoms with van der Waals surface area (Å²) in [6.45, 7) is 3.29. The minimum absolute atomic E-state index is 0.121. The Balaban J connectivity index is 1.67. The van der Waals surface area contributed by atoms with Gasteiger partial charge in [0.25, 0.3) is 11.8 Å². The van der Waals surface area contributed by atoms with Crippen LogP contribution >= 0.6 is 0 Å². The van der Waals surface area contributed by atoms with Crippen molar-refractivity contribution >= 4 is 11.8 Å². The zero-order valence-corrected chi connectivity index (χ0v) is 16.3. The fraction of sp³-hybridized carbons (Fsp3) is 0.167. The van der Waals surface area contributed by atoms with E-state index in [-0.39, 0.29) is 24.2 Å². The van der Waals surface area contributed by atoms with Gasteiger partial charge >= 0.3 is 0 Å². The Hall–Kier alpha value is -3.47. The van der Waals surface area contributed by atoms with E-state index in [1.807, 2.05) is 37.3 Å². The number of hydrogen-bond acceptors (Lipinski definition) is 2. The van der Waals surface area contributed by atoms with Crippen molar-refractivity contribution in [3.8, 4) is 0 Å². The van der Waals surface area contributed by atoms with Gasteiger partial charge in [0.1, 0.15) is 5.82 Å². The van der Waals surface area contributed by atoms with Crippen LogP contribution in [0, 0.1) is 5.82 Å². The van der Waals surface area contributed by atoms with Gasteiger partial charge in [-0.05, 0) is 48.4 Å². The summed E-state index contributed by atoms with van der Waals surface area (Å²) in [6, 6.07) is 22.4. The Labute approximate surface area is 170 Å². The molecule has 3 aromatic carbocycles. The van der Waals surface area contributed by atoms with E-state index >= 15 is 0 Å². The van der Waals surface area contributed by atoms with Gasteiger partial charge in [-0.1, -0.05) is 48.5 Å². The minimum Gasteiger partial charge on any atom is -0.348 e. The molecule has 2 amide bonds. The van der Waals surface area contributed by atoms with Crippen LogP contribution in [0.3, 0.4) is 0 Å². The zero-order valence-electron chi connectivity index (χ0n) is 16.3. The Kier molecular flexibility index (Phi) is 6.74. The molecule has 29 heavy (non-hydrogen) atoms. The van der Waals surface area contributed by atoms with E-state index < -0.39 is 0 Å². The number of benzene rings is 3. The largest absolute Gasteiger partial charge is 0.348 e. The molecule has 1 N–H and O–H groups in total. The van der Waals surface area contributed by atoms with Crippen LogP contribution in [-0.2, 0) is 13.1 Å². The highest BCUT2D eigenvalue weighted by Gasteiger charge is 2.16. The molecule has 0 atom stereocenters. The van der Waals surface area contributed by atoms with E-state index in [0.29, 0.717) is 24.2 Å². The van der Waals surface area contributed by atoms with Crippen molar-refractivity contribution in [3.63, 3.8) is 0 Å². The first-order valence-electron chi connectivity index (χ1n) is 9.52. The van der Waals surface area contributed by atoms with Gasteiger partial charge in [-0.3, -0.25) is 9.59 Å². The summed E-state index contributed by atoms with van der Waals surface area (Å²) in [5, 5.41) is 2.80. The molecule has 0 heterocycles.